The van der Waals surface area contributed by atoms with Crippen LogP contribution in [0.4, 0.5) is 0 Å². The lowest BCUT2D eigenvalue weighted by atomic mass is 10.0. The molecular formula is C8H10N2. The van der Waals surface area contributed by atoms with E-state index in [-0.39, 0.29) is 0 Å². The van der Waals surface area contributed by atoms with Crippen LogP contribution in [0.5, 0.6) is 0 Å². The molecule has 2 rings (SSSR count). The lowest BCUT2D eigenvalue weighted by Crippen LogP contribution is -2.04. The van der Waals surface area contributed by atoms with E-state index in [4.69, 9.17) is 5.73 Å². The van der Waals surface area contributed by atoms with E-state index in [0.29, 0.717) is 0 Å². The third-order valence-corrected chi connectivity index (χ3v) is 1.90. The first kappa shape index (κ1) is 5.59. The van der Waals surface area contributed by atoms with Gasteiger partial charge in [0.1, 0.15) is 0 Å². The minimum atomic E-state index is 0.895. The summed E-state index contributed by atoms with van der Waals surface area (Å²) in [6, 6.07) is 2.09. The highest BCUT2D eigenvalue weighted by Crippen LogP contribution is 2.20. The summed E-state index contributed by atoms with van der Waals surface area (Å²) in [5, 5.41) is 0. The molecule has 2 nitrogen and oxygen atoms in total. The molecule has 0 aromatic carbocycles. The van der Waals surface area contributed by atoms with Crippen LogP contribution >= 0.6 is 0 Å². The van der Waals surface area contributed by atoms with Crippen molar-refractivity contribution in [2.75, 3.05) is 0 Å². The molecule has 0 unspecified atom stereocenters. The summed E-state index contributed by atoms with van der Waals surface area (Å²) >= 11 is 0. The second-order valence-corrected chi connectivity index (χ2v) is 2.58. The maximum absolute atomic E-state index is 5.72. The third kappa shape index (κ3) is 0.652. The van der Waals surface area contributed by atoms with Gasteiger partial charge in [-0.15, -0.1) is 0 Å². The monoisotopic (exact) mass is 134 g/mol. The summed E-state index contributed by atoms with van der Waals surface area (Å²) in [4.78, 5) is 3.11. The molecule has 0 saturated heterocycles. The third-order valence-electron chi connectivity index (χ3n) is 1.90. The van der Waals surface area contributed by atoms with E-state index < -0.39 is 0 Å². The molecule has 0 saturated carbocycles. The average molecular weight is 134 g/mol. The van der Waals surface area contributed by atoms with E-state index in [1.54, 1.807) is 0 Å². The van der Waals surface area contributed by atoms with Crippen molar-refractivity contribution in [1.82, 2.24) is 4.98 Å². The number of aromatic nitrogens is 1. The number of fused-ring (bicyclic) bond motifs is 1. The van der Waals surface area contributed by atoms with Gasteiger partial charge in [0.05, 0.1) is 11.4 Å². The van der Waals surface area contributed by atoms with E-state index in [9.17, 15) is 0 Å². The van der Waals surface area contributed by atoms with E-state index in [1.807, 2.05) is 6.20 Å². The fourth-order valence-electron chi connectivity index (χ4n) is 1.36. The molecule has 1 aromatic rings. The van der Waals surface area contributed by atoms with Crippen LogP contribution in [0.2, 0.25) is 0 Å². The molecule has 0 amide bonds. The highest BCUT2D eigenvalue weighted by atomic mass is 14.8. The van der Waals surface area contributed by atoms with Crippen molar-refractivity contribution in [2.45, 2.75) is 12.8 Å². The molecule has 3 N–H and O–H groups in total. The fraction of sp³-hybridized carbons (Fsp3) is 0.250. The Labute approximate surface area is 59.7 Å². The fourth-order valence-corrected chi connectivity index (χ4v) is 1.36. The van der Waals surface area contributed by atoms with Crippen molar-refractivity contribution in [3.8, 4) is 0 Å². The first-order valence-electron chi connectivity index (χ1n) is 3.50. The zero-order valence-electron chi connectivity index (χ0n) is 5.72. The van der Waals surface area contributed by atoms with Gasteiger partial charge in [0.15, 0.2) is 0 Å². The molecular weight excluding hydrogens is 124 g/mol. The number of rotatable bonds is 0. The maximum atomic E-state index is 5.72. The maximum Gasteiger partial charge on any atom is 0.0643 e. The lowest BCUT2D eigenvalue weighted by molar-refractivity contribution is 0.970. The number of aromatic amines is 1. The number of nitrogens with two attached hydrogens (primary N) is 1. The molecule has 0 aliphatic heterocycles. The van der Waals surface area contributed by atoms with Crippen molar-refractivity contribution in [2.24, 2.45) is 5.73 Å². The molecule has 2 heteroatoms. The lowest BCUT2D eigenvalue weighted by Gasteiger charge is -2.08. The van der Waals surface area contributed by atoms with Gasteiger partial charge in [-0.05, 0) is 24.5 Å². The van der Waals surface area contributed by atoms with E-state index >= 15 is 0 Å². The Hall–Kier alpha value is -1.18. The number of allylic oxidation sites excluding steroid dienone is 1. The quantitative estimate of drug-likeness (QED) is 0.551. The number of hydrogen-bond donors (Lipinski definition) is 2. The molecule has 0 atom stereocenters. The van der Waals surface area contributed by atoms with Crippen LogP contribution in [0.25, 0.3) is 5.70 Å². The Morgan fingerprint density at radius 1 is 1.50 bits per heavy atom. The highest BCUT2D eigenvalue weighted by molar-refractivity contribution is 5.64. The minimum Gasteiger partial charge on any atom is -0.397 e. The summed E-state index contributed by atoms with van der Waals surface area (Å²) in [6.07, 6.45) is 6.21. The molecule has 1 aliphatic rings. The summed E-state index contributed by atoms with van der Waals surface area (Å²) < 4.78 is 0. The van der Waals surface area contributed by atoms with Crippen molar-refractivity contribution in [3.63, 3.8) is 0 Å². The molecule has 0 fully saturated rings. The number of H-pyrrole nitrogens is 1. The van der Waals surface area contributed by atoms with Gasteiger partial charge in [-0.25, -0.2) is 0 Å². The smallest absolute Gasteiger partial charge is 0.0643 e. The molecule has 52 valence electrons. The molecule has 1 heterocycles. The summed E-state index contributed by atoms with van der Waals surface area (Å²) in [5.41, 5.74) is 9.08. The second kappa shape index (κ2) is 1.90. The van der Waals surface area contributed by atoms with Crippen LogP contribution in [0, 0.1) is 0 Å². The van der Waals surface area contributed by atoms with Crippen molar-refractivity contribution < 1.29 is 0 Å². The highest BCUT2D eigenvalue weighted by Gasteiger charge is 2.09. The van der Waals surface area contributed by atoms with Crippen molar-refractivity contribution in [3.05, 3.63) is 29.6 Å². The predicted molar refractivity (Wildman–Crippen MR) is 41.3 cm³/mol. The van der Waals surface area contributed by atoms with Gasteiger partial charge in [0.25, 0.3) is 0 Å². The van der Waals surface area contributed by atoms with Crippen LogP contribution < -0.4 is 5.73 Å². The van der Waals surface area contributed by atoms with Gasteiger partial charge < -0.3 is 10.7 Å². The number of nitrogens with one attached hydrogen (secondary N) is 1. The summed E-state index contributed by atoms with van der Waals surface area (Å²) in [6.45, 7) is 0. The van der Waals surface area contributed by atoms with E-state index in [2.05, 4.69) is 17.1 Å². The van der Waals surface area contributed by atoms with Gasteiger partial charge in [-0.3, -0.25) is 0 Å². The Balaban J connectivity index is 2.55. The summed E-state index contributed by atoms with van der Waals surface area (Å²) in [5.74, 6) is 0. The zero-order chi connectivity index (χ0) is 6.97. The standard InChI is InChI=1S/C8H10N2/c9-7-3-1-2-6-4-5-10-8(6)7/h3-5,10H,1-2,9H2. The zero-order valence-corrected chi connectivity index (χ0v) is 5.72. The SMILES string of the molecule is NC1=CCCc2cc[nH]c21. The van der Waals surface area contributed by atoms with Crippen molar-refractivity contribution >= 4 is 5.70 Å². The summed E-state index contributed by atoms with van der Waals surface area (Å²) in [7, 11) is 0. The average Bonchev–Trinajstić information content (AvgIpc) is 2.36. The largest absolute Gasteiger partial charge is 0.397 e. The van der Waals surface area contributed by atoms with Gasteiger partial charge in [0.2, 0.25) is 0 Å². The normalized spacial score (nSPS) is 16.2. The van der Waals surface area contributed by atoms with Gasteiger partial charge in [-0.1, -0.05) is 6.08 Å². The molecule has 0 bridgehead atoms. The van der Waals surface area contributed by atoms with Crippen molar-refractivity contribution in [1.29, 1.82) is 0 Å². The van der Waals surface area contributed by atoms with Gasteiger partial charge in [-0.2, -0.15) is 0 Å². The van der Waals surface area contributed by atoms with Crippen LogP contribution in [0.1, 0.15) is 17.7 Å². The van der Waals surface area contributed by atoms with Gasteiger partial charge >= 0.3 is 0 Å². The number of aryl methyl sites for hydroxylation is 1. The van der Waals surface area contributed by atoms with Gasteiger partial charge in [0, 0.05) is 6.20 Å². The molecule has 1 aromatic heterocycles. The van der Waals surface area contributed by atoms with Crippen LogP contribution in [-0.2, 0) is 6.42 Å². The molecule has 1 aliphatic carbocycles. The van der Waals surface area contributed by atoms with E-state index in [1.165, 1.54) is 5.56 Å². The predicted octanol–water partition coefficient (Wildman–Crippen LogP) is 1.26. The minimum absolute atomic E-state index is 0.895. The molecule has 0 radical (unpaired) electrons. The van der Waals surface area contributed by atoms with E-state index in [0.717, 1.165) is 24.2 Å². The Bertz CT molecular complexity index is 271. The molecule has 10 heavy (non-hydrogen) atoms. The first-order chi connectivity index (χ1) is 4.88. The Morgan fingerprint density at radius 2 is 2.40 bits per heavy atom. The number of hydrogen-bond acceptors (Lipinski definition) is 1. The second-order valence-electron chi connectivity index (χ2n) is 2.58. The Morgan fingerprint density at radius 3 is 3.20 bits per heavy atom. The Kier molecular flexibility index (Phi) is 1.07. The van der Waals surface area contributed by atoms with Crippen LogP contribution in [0.3, 0.4) is 0 Å². The van der Waals surface area contributed by atoms with Crippen LogP contribution in [-0.4, -0.2) is 4.98 Å². The topological polar surface area (TPSA) is 41.8 Å². The van der Waals surface area contributed by atoms with Crippen LogP contribution in [0.15, 0.2) is 18.3 Å². The molecule has 0 spiro atoms. The first-order valence-corrected chi connectivity index (χ1v) is 3.50.